The van der Waals surface area contributed by atoms with Gasteiger partial charge in [0.05, 0.1) is 50.3 Å². The lowest BCUT2D eigenvalue weighted by atomic mass is 9.67. The Hall–Kier alpha value is -8.60. The van der Waals surface area contributed by atoms with E-state index in [1.165, 1.54) is 66.8 Å². The number of hydrogen-bond donors (Lipinski definition) is 0. The summed E-state index contributed by atoms with van der Waals surface area (Å²) in [5.74, 6) is -0.0725. The highest BCUT2D eigenvalue weighted by atomic mass is 14.8. The third-order valence-electron chi connectivity index (χ3n) is 15.2. The molecule has 0 saturated heterocycles. The third-order valence-corrected chi connectivity index (χ3v) is 15.2. The summed E-state index contributed by atoms with van der Waals surface area (Å²) < 4.78 is 0. The fourth-order valence-electron chi connectivity index (χ4n) is 11.6. The van der Waals surface area contributed by atoms with Crippen LogP contribution < -0.4 is 0 Å². The largest absolute Gasteiger partial charge is 0.250 e. The van der Waals surface area contributed by atoms with E-state index in [1.54, 1.807) is 0 Å². The summed E-state index contributed by atoms with van der Waals surface area (Å²) in [6.45, 7) is 6.59. The number of aryl methyl sites for hydroxylation is 2. The van der Waals surface area contributed by atoms with E-state index in [0.29, 0.717) is 0 Å². The average Bonchev–Trinajstić information content (AvgIpc) is 3.70. The van der Waals surface area contributed by atoms with E-state index in [-0.39, 0.29) is 5.92 Å². The van der Waals surface area contributed by atoms with Crippen molar-refractivity contribution in [3.63, 3.8) is 0 Å². The molecule has 12 aromatic rings. The van der Waals surface area contributed by atoms with E-state index >= 15 is 0 Å². The molecule has 1 aliphatic carbocycles. The van der Waals surface area contributed by atoms with E-state index < -0.39 is 5.41 Å². The van der Waals surface area contributed by atoms with Crippen molar-refractivity contribution in [2.75, 3.05) is 0 Å². The Morgan fingerprint density at radius 3 is 1.19 bits per heavy atom. The molecule has 0 N–H and O–H groups in total. The second-order valence-corrected chi connectivity index (χ2v) is 19.1. The topological polar surface area (TPSA) is 51.6 Å². The zero-order valence-electron chi connectivity index (χ0n) is 38.5. The molecule has 0 radical (unpaired) electrons. The highest BCUT2D eigenvalue weighted by molar-refractivity contribution is 6.06. The Morgan fingerprint density at radius 2 is 0.754 bits per heavy atom. The molecule has 4 heteroatoms. The molecule has 0 saturated carbocycles. The molecule has 3 aliphatic heterocycles. The Bertz CT molecular complexity index is 3820. The minimum atomic E-state index is -0.680. The van der Waals surface area contributed by atoms with Gasteiger partial charge in [-0.15, -0.1) is 0 Å². The highest BCUT2D eigenvalue weighted by Crippen LogP contribution is 2.58. The molecule has 0 unspecified atom stereocenters. The number of hydrogen-bond acceptors (Lipinski definition) is 4. The van der Waals surface area contributed by atoms with Crippen molar-refractivity contribution in [2.24, 2.45) is 0 Å². The van der Waals surface area contributed by atoms with E-state index in [4.69, 9.17) is 19.9 Å². The third kappa shape index (κ3) is 5.95. The molecule has 4 aliphatic rings. The van der Waals surface area contributed by atoms with Crippen molar-refractivity contribution in [3.8, 4) is 55.9 Å². The number of aromatic nitrogens is 4. The fraction of sp³-hybridized carbons (Fsp3) is 0.0769. The van der Waals surface area contributed by atoms with Crippen molar-refractivity contribution in [3.05, 3.63) is 251 Å². The predicted molar refractivity (Wildman–Crippen MR) is 284 cm³/mol. The summed E-state index contributed by atoms with van der Waals surface area (Å²) in [6, 6.07) is 76.0. The van der Waals surface area contributed by atoms with Gasteiger partial charge in [-0.25, -0.2) is 19.9 Å². The molecule has 69 heavy (non-hydrogen) atoms. The molecule has 4 nitrogen and oxygen atoms in total. The summed E-state index contributed by atoms with van der Waals surface area (Å²) in [6.07, 6.45) is 0. The van der Waals surface area contributed by atoms with Gasteiger partial charge in [0, 0.05) is 38.6 Å². The zero-order chi connectivity index (χ0) is 46.0. The first-order valence-electron chi connectivity index (χ1n) is 23.9. The van der Waals surface area contributed by atoms with Gasteiger partial charge in [0.2, 0.25) is 0 Å². The van der Waals surface area contributed by atoms with Crippen molar-refractivity contribution in [1.29, 1.82) is 0 Å². The van der Waals surface area contributed by atoms with Crippen LogP contribution in [0.2, 0.25) is 0 Å². The van der Waals surface area contributed by atoms with Crippen LogP contribution in [0.5, 0.6) is 0 Å². The average molecular weight is 881 g/mol. The standard InChI is InChI=1S/C65H44N4/c1-38-34-59-40(3)60-35-39(2)52-29-19-46-23-33-58(67-62(46)64(52)69-60)44-16-26-50(27-17-44)65(49-24-14-43(15-25-49)57-32-22-45-18-28-51(38)63(68-59)61(45)66-57)55-36-47(41-10-6-4-7-11-41)20-30-53(55)54-31-21-48(37-56(54)65)42-12-8-5-9-13-42/h4-37,40H,1-3H3. The van der Waals surface area contributed by atoms with Crippen LogP contribution >= 0.6 is 0 Å². The second kappa shape index (κ2) is 15.0. The highest BCUT2D eigenvalue weighted by Gasteiger charge is 2.46. The first kappa shape index (κ1) is 39.6. The summed E-state index contributed by atoms with van der Waals surface area (Å²) in [5, 5.41) is 4.34. The van der Waals surface area contributed by atoms with Crippen molar-refractivity contribution in [1.82, 2.24) is 19.9 Å². The lowest BCUT2D eigenvalue weighted by Gasteiger charge is -2.34. The fourth-order valence-corrected chi connectivity index (χ4v) is 11.6. The van der Waals surface area contributed by atoms with Crippen LogP contribution in [-0.2, 0) is 5.41 Å². The Morgan fingerprint density at radius 1 is 0.348 bits per heavy atom. The van der Waals surface area contributed by atoms with Crippen molar-refractivity contribution in [2.45, 2.75) is 32.1 Å². The second-order valence-electron chi connectivity index (χ2n) is 19.1. The lowest BCUT2D eigenvalue weighted by molar-refractivity contribution is 0.769. The van der Waals surface area contributed by atoms with Gasteiger partial charge in [-0.2, -0.15) is 0 Å². The quantitative estimate of drug-likeness (QED) is 0.162. The van der Waals surface area contributed by atoms with Crippen LogP contribution in [0.1, 0.15) is 57.6 Å². The lowest BCUT2D eigenvalue weighted by Crippen LogP contribution is -2.28. The molecule has 0 atom stereocenters. The zero-order valence-corrected chi connectivity index (χ0v) is 38.5. The Labute approximate surface area is 400 Å². The van der Waals surface area contributed by atoms with Crippen LogP contribution in [-0.4, -0.2) is 19.9 Å². The molecule has 1 spiro atoms. The van der Waals surface area contributed by atoms with Crippen molar-refractivity contribution < 1.29 is 0 Å². The monoisotopic (exact) mass is 880 g/mol. The van der Waals surface area contributed by atoms with Gasteiger partial charge in [-0.1, -0.05) is 177 Å². The molecule has 16 rings (SSSR count). The molecule has 12 bridgehead atoms. The van der Waals surface area contributed by atoms with E-state index in [0.717, 1.165) is 77.5 Å². The van der Waals surface area contributed by atoms with E-state index in [2.05, 4.69) is 227 Å². The molecule has 7 heterocycles. The molecule has 8 aromatic carbocycles. The number of benzene rings is 8. The van der Waals surface area contributed by atoms with Crippen LogP contribution in [0.3, 0.4) is 0 Å². The smallest absolute Gasteiger partial charge is 0.0972 e. The number of rotatable bonds is 2. The SMILES string of the molecule is Cc1cc2nc3c1ccc1ccc(nc13)-c1ccc(cc1)C1(c3ccc(cc3)-c3ccc4ccc5c(C)cc(nc5c4n3)C2C)c2cc(-c3ccccc3)ccc2-c2ccc(-c3ccccc3)cc21. The minimum Gasteiger partial charge on any atom is -0.250 e. The van der Waals surface area contributed by atoms with Gasteiger partial charge in [0.1, 0.15) is 0 Å². The Balaban J connectivity index is 1.08. The maximum atomic E-state index is 5.46. The number of nitrogens with zero attached hydrogens (tertiary/aromatic N) is 4. The molecule has 324 valence electrons. The minimum absolute atomic E-state index is 0.0725. The molecule has 0 fully saturated rings. The van der Waals surface area contributed by atoms with E-state index in [1.807, 2.05) is 0 Å². The van der Waals surface area contributed by atoms with Gasteiger partial charge in [-0.05, 0) is 117 Å². The first-order chi connectivity index (χ1) is 33.9. The number of pyridine rings is 4. The number of fused-ring (bicyclic) bond motifs is 5. The molecule has 0 amide bonds. The van der Waals surface area contributed by atoms with Gasteiger partial charge in [0.15, 0.2) is 0 Å². The summed E-state index contributed by atoms with van der Waals surface area (Å²) in [4.78, 5) is 21.8. The Kier molecular flexibility index (Phi) is 8.57. The predicted octanol–water partition coefficient (Wildman–Crippen LogP) is 16.0. The maximum absolute atomic E-state index is 5.46. The first-order valence-corrected chi connectivity index (χ1v) is 23.9. The van der Waals surface area contributed by atoms with Crippen LogP contribution in [0.4, 0.5) is 0 Å². The van der Waals surface area contributed by atoms with Crippen molar-refractivity contribution >= 4 is 43.6 Å². The van der Waals surface area contributed by atoms with E-state index in [9.17, 15) is 0 Å². The van der Waals surface area contributed by atoms with Crippen LogP contribution in [0.15, 0.2) is 206 Å². The van der Waals surface area contributed by atoms with Gasteiger partial charge in [-0.3, -0.25) is 0 Å². The van der Waals surface area contributed by atoms with Crippen LogP contribution in [0, 0.1) is 13.8 Å². The molecular weight excluding hydrogens is 837 g/mol. The van der Waals surface area contributed by atoms with Gasteiger partial charge < -0.3 is 0 Å². The summed E-state index contributed by atoms with van der Waals surface area (Å²) >= 11 is 0. The summed E-state index contributed by atoms with van der Waals surface area (Å²) in [7, 11) is 0. The molecule has 4 aromatic heterocycles. The van der Waals surface area contributed by atoms with Crippen LogP contribution in [0.25, 0.3) is 99.5 Å². The van der Waals surface area contributed by atoms with Gasteiger partial charge >= 0.3 is 0 Å². The summed E-state index contributed by atoms with van der Waals surface area (Å²) in [5.41, 5.74) is 23.3. The normalized spacial score (nSPS) is 13.5. The maximum Gasteiger partial charge on any atom is 0.0972 e. The van der Waals surface area contributed by atoms with Gasteiger partial charge in [0.25, 0.3) is 0 Å². The molecular formula is C65H44N4.